The lowest BCUT2D eigenvalue weighted by atomic mass is 10.0. The maximum atomic E-state index is 14.3. The van der Waals surface area contributed by atoms with Crippen molar-refractivity contribution in [2.24, 2.45) is 16.5 Å². The molecule has 1 fully saturated rings. The van der Waals surface area contributed by atoms with Crippen LogP contribution in [0.25, 0.3) is 0 Å². The summed E-state index contributed by atoms with van der Waals surface area (Å²) in [5.41, 5.74) is 14.8. The number of nitrogens with one attached hydrogen (secondary N) is 2. The minimum Gasteiger partial charge on any atom is -0.370 e. The third kappa shape index (κ3) is 10.7. The molecular weight excluding hydrogens is 590 g/mol. The van der Waals surface area contributed by atoms with Crippen molar-refractivity contribution >= 4 is 23.7 Å². The third-order valence-corrected chi connectivity index (χ3v) is 8.78. The van der Waals surface area contributed by atoms with Gasteiger partial charge in [0.2, 0.25) is 17.7 Å². The highest BCUT2D eigenvalue weighted by Crippen LogP contribution is 2.22. The molecule has 10 nitrogen and oxygen atoms in total. The van der Waals surface area contributed by atoms with E-state index in [1.807, 2.05) is 101 Å². The molecule has 4 atom stereocenters. The normalized spacial score (nSPS) is 16.1. The van der Waals surface area contributed by atoms with Crippen molar-refractivity contribution in [2.45, 2.75) is 69.6 Å². The Bertz CT molecular complexity index is 1450. The molecule has 0 spiro atoms. The number of amides is 3. The predicted molar refractivity (Wildman–Crippen MR) is 186 cm³/mol. The molecule has 0 bridgehead atoms. The summed E-state index contributed by atoms with van der Waals surface area (Å²) in [4.78, 5) is 49.5. The summed E-state index contributed by atoms with van der Waals surface area (Å²) in [6.07, 6.45) is 3.66. The van der Waals surface area contributed by atoms with E-state index < -0.39 is 18.1 Å². The average Bonchev–Trinajstić information content (AvgIpc) is 3.56. The number of nitrogens with zero attached hydrogens (tertiary/aromatic N) is 3. The first kappa shape index (κ1) is 35.2. The fourth-order valence-corrected chi connectivity index (χ4v) is 6.03. The first-order valence-corrected chi connectivity index (χ1v) is 16.5. The van der Waals surface area contributed by atoms with Crippen LogP contribution in [0, 0.1) is 0 Å². The van der Waals surface area contributed by atoms with Crippen LogP contribution in [-0.4, -0.2) is 84.3 Å². The van der Waals surface area contributed by atoms with Crippen LogP contribution >= 0.6 is 0 Å². The number of aryl methyl sites for hydroxylation is 1. The summed E-state index contributed by atoms with van der Waals surface area (Å²) in [6.45, 7) is 3.12. The molecule has 1 aliphatic rings. The SMILES string of the molecule is CN[C@@H](C)C(=O)N[C@@H](CCc1ccccc1)C(=O)N1CCC[C@H]1CN(CCc1ccccc1)C(=O)[C@@H](Cc1ccccc1)N=C(N)N. The van der Waals surface area contributed by atoms with Crippen molar-refractivity contribution in [3.8, 4) is 0 Å². The van der Waals surface area contributed by atoms with E-state index in [9.17, 15) is 14.4 Å². The Morgan fingerprint density at radius 3 is 2.04 bits per heavy atom. The molecular formula is C37H49N7O3. The molecule has 0 aromatic heterocycles. The molecule has 1 saturated heterocycles. The minimum absolute atomic E-state index is 0.124. The van der Waals surface area contributed by atoms with Gasteiger partial charge in [0.05, 0.1) is 6.04 Å². The fourth-order valence-electron chi connectivity index (χ4n) is 6.03. The molecule has 250 valence electrons. The van der Waals surface area contributed by atoms with Crippen LogP contribution < -0.4 is 22.1 Å². The zero-order valence-corrected chi connectivity index (χ0v) is 27.6. The van der Waals surface area contributed by atoms with Gasteiger partial charge >= 0.3 is 0 Å². The van der Waals surface area contributed by atoms with Crippen LogP contribution in [0.1, 0.15) is 42.9 Å². The number of nitrogens with two attached hydrogens (primary N) is 2. The minimum atomic E-state index is -0.801. The van der Waals surface area contributed by atoms with Crippen LogP contribution in [0.5, 0.6) is 0 Å². The van der Waals surface area contributed by atoms with Crippen molar-refractivity contribution in [1.82, 2.24) is 20.4 Å². The zero-order valence-electron chi connectivity index (χ0n) is 27.6. The van der Waals surface area contributed by atoms with Gasteiger partial charge in [-0.25, -0.2) is 4.99 Å². The Labute approximate surface area is 278 Å². The predicted octanol–water partition coefficient (Wildman–Crippen LogP) is 2.66. The first-order chi connectivity index (χ1) is 22.7. The molecule has 0 radical (unpaired) electrons. The van der Waals surface area contributed by atoms with Gasteiger partial charge in [-0.15, -0.1) is 0 Å². The van der Waals surface area contributed by atoms with E-state index in [0.717, 1.165) is 29.5 Å². The van der Waals surface area contributed by atoms with Crippen LogP contribution in [-0.2, 0) is 33.6 Å². The number of hydrogen-bond acceptors (Lipinski definition) is 5. The van der Waals surface area contributed by atoms with E-state index in [0.29, 0.717) is 45.3 Å². The monoisotopic (exact) mass is 639 g/mol. The molecule has 3 aromatic rings. The Kier molecular flexibility index (Phi) is 13.4. The summed E-state index contributed by atoms with van der Waals surface area (Å²) < 4.78 is 0. The van der Waals surface area contributed by atoms with Crippen molar-refractivity contribution in [3.63, 3.8) is 0 Å². The lowest BCUT2D eigenvalue weighted by Gasteiger charge is -2.34. The summed E-state index contributed by atoms with van der Waals surface area (Å²) >= 11 is 0. The lowest BCUT2D eigenvalue weighted by Crippen LogP contribution is -2.55. The van der Waals surface area contributed by atoms with Gasteiger partial charge in [0, 0.05) is 32.1 Å². The standard InChI is InChI=1S/C37H49N7O3/c1-27(40-2)34(45)41-32(21-20-28-13-6-3-7-14-28)36(47)44-23-12-19-31(44)26-43(24-22-29-15-8-4-9-16-29)35(46)33(42-37(38)39)25-30-17-10-5-11-18-30/h3-11,13-18,27,31-33,40H,12,19-26H2,1-2H3,(H,41,45)(H4,38,39,42)/t27-,31-,32-,33+/m0/s1. The molecule has 1 aliphatic heterocycles. The third-order valence-electron chi connectivity index (χ3n) is 8.78. The summed E-state index contributed by atoms with van der Waals surface area (Å²) in [7, 11) is 1.72. The van der Waals surface area contributed by atoms with Crippen molar-refractivity contribution in [3.05, 3.63) is 108 Å². The molecule has 47 heavy (non-hydrogen) atoms. The molecule has 0 unspecified atom stereocenters. The Hall–Kier alpha value is -4.70. The Morgan fingerprint density at radius 1 is 0.894 bits per heavy atom. The van der Waals surface area contributed by atoms with Gasteiger partial charge in [-0.2, -0.15) is 0 Å². The van der Waals surface area contributed by atoms with E-state index in [1.54, 1.807) is 14.0 Å². The summed E-state index contributed by atoms with van der Waals surface area (Å²) in [5.74, 6) is -0.682. The van der Waals surface area contributed by atoms with Gasteiger partial charge in [0.25, 0.3) is 0 Å². The second-order valence-corrected chi connectivity index (χ2v) is 12.2. The van der Waals surface area contributed by atoms with Gasteiger partial charge in [0.15, 0.2) is 5.96 Å². The maximum absolute atomic E-state index is 14.3. The number of guanidine groups is 1. The highest BCUT2D eigenvalue weighted by Gasteiger charge is 2.37. The molecule has 1 heterocycles. The van der Waals surface area contributed by atoms with E-state index >= 15 is 0 Å². The maximum Gasteiger partial charge on any atom is 0.247 e. The van der Waals surface area contributed by atoms with E-state index in [1.165, 1.54) is 0 Å². The zero-order chi connectivity index (χ0) is 33.6. The van der Waals surface area contributed by atoms with Crippen LogP contribution in [0.15, 0.2) is 96.0 Å². The van der Waals surface area contributed by atoms with Gasteiger partial charge in [-0.3, -0.25) is 14.4 Å². The number of carbonyl (C=O) groups is 3. The van der Waals surface area contributed by atoms with Gasteiger partial charge in [-0.05, 0) is 62.8 Å². The van der Waals surface area contributed by atoms with Crippen molar-refractivity contribution < 1.29 is 14.4 Å². The van der Waals surface area contributed by atoms with E-state index in [2.05, 4.69) is 15.6 Å². The van der Waals surface area contributed by atoms with Crippen LogP contribution in [0.2, 0.25) is 0 Å². The van der Waals surface area contributed by atoms with E-state index in [4.69, 9.17) is 11.5 Å². The molecule has 3 amide bonds. The highest BCUT2D eigenvalue weighted by molar-refractivity contribution is 5.90. The smallest absolute Gasteiger partial charge is 0.247 e. The van der Waals surface area contributed by atoms with Crippen LogP contribution in [0.3, 0.4) is 0 Å². The summed E-state index contributed by atoms with van der Waals surface area (Å²) in [6, 6.07) is 27.5. The van der Waals surface area contributed by atoms with E-state index in [-0.39, 0.29) is 29.7 Å². The second-order valence-electron chi connectivity index (χ2n) is 12.2. The van der Waals surface area contributed by atoms with Crippen LogP contribution in [0.4, 0.5) is 0 Å². The molecule has 6 N–H and O–H groups in total. The average molecular weight is 640 g/mol. The molecule has 10 heteroatoms. The largest absolute Gasteiger partial charge is 0.370 e. The van der Waals surface area contributed by atoms with Gasteiger partial charge < -0.3 is 31.9 Å². The topological polar surface area (TPSA) is 146 Å². The quantitative estimate of drug-likeness (QED) is 0.140. The lowest BCUT2D eigenvalue weighted by molar-refractivity contribution is -0.140. The molecule has 4 rings (SSSR count). The van der Waals surface area contributed by atoms with Crippen molar-refractivity contribution in [1.29, 1.82) is 0 Å². The number of likely N-dealkylation sites (tertiary alicyclic amines) is 1. The second kappa shape index (κ2) is 17.9. The van der Waals surface area contributed by atoms with Gasteiger partial charge in [0.1, 0.15) is 12.1 Å². The molecule has 0 saturated carbocycles. The number of benzene rings is 3. The highest BCUT2D eigenvalue weighted by atomic mass is 16.2. The number of hydrogen-bond donors (Lipinski definition) is 4. The Morgan fingerprint density at radius 2 is 1.47 bits per heavy atom. The van der Waals surface area contributed by atoms with Crippen molar-refractivity contribution in [2.75, 3.05) is 26.7 Å². The fraction of sp³-hybridized carbons (Fsp3) is 0.405. The van der Waals surface area contributed by atoms with Gasteiger partial charge in [-0.1, -0.05) is 91.0 Å². The number of aliphatic imine (C=N–C) groups is 1. The summed E-state index contributed by atoms with van der Waals surface area (Å²) in [5, 5.41) is 5.97. The number of carbonyl (C=O) groups excluding carboxylic acids is 3. The molecule has 0 aliphatic carbocycles. The first-order valence-electron chi connectivity index (χ1n) is 16.5. The number of rotatable bonds is 16. The molecule has 3 aromatic carbocycles. The number of likely N-dealkylation sites (N-methyl/N-ethyl adjacent to an activating group) is 1. The Balaban J connectivity index is 1.56.